The van der Waals surface area contributed by atoms with E-state index in [2.05, 4.69) is 25.3 Å². The maximum atomic E-state index is 13.5. The molecule has 1 aromatic carbocycles. The van der Waals surface area contributed by atoms with Crippen molar-refractivity contribution in [3.8, 4) is 5.75 Å². The molecule has 1 amide bonds. The van der Waals surface area contributed by atoms with Crippen LogP contribution in [0.15, 0.2) is 35.7 Å². The number of benzene rings is 1. The summed E-state index contributed by atoms with van der Waals surface area (Å²) < 4.78 is 24.3. The lowest BCUT2D eigenvalue weighted by molar-refractivity contribution is -0.136. The normalized spacial score (nSPS) is 16.8. The van der Waals surface area contributed by atoms with Gasteiger partial charge in [0.25, 0.3) is 0 Å². The number of carbonyl (C=O) groups is 1. The molecule has 0 unspecified atom stereocenters. The number of ether oxygens (including phenoxy) is 2. The first-order valence-corrected chi connectivity index (χ1v) is 12.4. The second kappa shape index (κ2) is 12.5. The predicted octanol–water partition coefficient (Wildman–Crippen LogP) is 3.75. The van der Waals surface area contributed by atoms with Crippen molar-refractivity contribution < 1.29 is 23.8 Å². The smallest absolute Gasteiger partial charge is 0.237 e. The molecular weight excluding hydrogens is 443 g/mol. The fourth-order valence-electron chi connectivity index (χ4n) is 4.08. The van der Waals surface area contributed by atoms with Gasteiger partial charge in [0, 0.05) is 25.1 Å². The van der Waals surface area contributed by atoms with Gasteiger partial charge in [0.2, 0.25) is 5.91 Å². The first-order chi connectivity index (χ1) is 15.9. The largest absolute Gasteiger partial charge is 0.491 e. The second-order valence-corrected chi connectivity index (χ2v) is 9.94. The number of hydrogen-bond donors (Lipinski definition) is 1. The van der Waals surface area contributed by atoms with Crippen molar-refractivity contribution in [3.05, 3.63) is 52.0 Å². The third-order valence-corrected chi connectivity index (χ3v) is 6.84. The molecule has 1 aliphatic rings. The van der Waals surface area contributed by atoms with E-state index in [4.69, 9.17) is 9.47 Å². The number of aliphatic hydroxyl groups is 1. The van der Waals surface area contributed by atoms with Crippen LogP contribution in [0.4, 0.5) is 4.39 Å². The summed E-state index contributed by atoms with van der Waals surface area (Å²) >= 11 is 1.71. The molecule has 0 saturated carbocycles. The van der Waals surface area contributed by atoms with Crippen LogP contribution in [0.3, 0.4) is 0 Å². The maximum Gasteiger partial charge on any atom is 0.237 e. The molecular formula is C25H35FN2O4S. The summed E-state index contributed by atoms with van der Waals surface area (Å²) in [5, 5.41) is 12.3. The van der Waals surface area contributed by atoms with Crippen LogP contribution in [0.2, 0.25) is 0 Å². The zero-order valence-electron chi connectivity index (χ0n) is 19.7. The van der Waals surface area contributed by atoms with Crippen LogP contribution in [0.25, 0.3) is 0 Å². The Hall–Kier alpha value is -2.00. The minimum Gasteiger partial charge on any atom is -0.491 e. The number of carbonyl (C=O) groups excluding carboxylic acids is 1. The molecule has 3 rings (SSSR count). The molecule has 2 heterocycles. The van der Waals surface area contributed by atoms with Gasteiger partial charge in [0.15, 0.2) is 0 Å². The van der Waals surface area contributed by atoms with Crippen molar-refractivity contribution in [2.75, 3.05) is 46.5 Å². The summed E-state index contributed by atoms with van der Waals surface area (Å²) in [4.78, 5) is 18.7. The molecule has 0 bridgehead atoms. The van der Waals surface area contributed by atoms with Crippen molar-refractivity contribution in [2.24, 2.45) is 5.92 Å². The topological polar surface area (TPSA) is 62.2 Å². The van der Waals surface area contributed by atoms with Crippen molar-refractivity contribution in [2.45, 2.75) is 38.8 Å². The molecule has 182 valence electrons. The molecule has 0 aliphatic carbocycles. The Morgan fingerprint density at radius 3 is 2.76 bits per heavy atom. The lowest BCUT2D eigenvalue weighted by Crippen LogP contribution is -2.48. The maximum absolute atomic E-state index is 13.5. The van der Waals surface area contributed by atoms with E-state index in [1.807, 2.05) is 9.80 Å². The molecule has 33 heavy (non-hydrogen) atoms. The highest BCUT2D eigenvalue weighted by Crippen LogP contribution is 2.34. The number of nitrogens with zero attached hydrogens (tertiary/aromatic N) is 2. The Labute approximate surface area is 199 Å². The number of methoxy groups -OCH3 is 1. The summed E-state index contributed by atoms with van der Waals surface area (Å²) in [7, 11) is 1.56. The zero-order valence-corrected chi connectivity index (χ0v) is 20.5. The van der Waals surface area contributed by atoms with Gasteiger partial charge < -0.3 is 19.5 Å². The average molecular weight is 479 g/mol. The first kappa shape index (κ1) is 25.6. The fraction of sp³-hybridized carbons (Fsp3) is 0.560. The number of hydrogen-bond acceptors (Lipinski definition) is 6. The monoisotopic (exact) mass is 478 g/mol. The quantitative estimate of drug-likeness (QED) is 0.504. The predicted molar refractivity (Wildman–Crippen MR) is 128 cm³/mol. The SMILES string of the molecule is COC[C@H](O)CN(CCC(C)C)CC(=O)N1CCc2sccc2[C@@H]1COc1ccc(F)cc1. The lowest BCUT2D eigenvalue weighted by Gasteiger charge is -2.37. The lowest BCUT2D eigenvalue weighted by atomic mass is 10.00. The molecule has 6 nitrogen and oxygen atoms in total. The fourth-order valence-corrected chi connectivity index (χ4v) is 5.01. The van der Waals surface area contributed by atoms with E-state index in [1.165, 1.54) is 17.0 Å². The standard InChI is InChI=1S/C25H35FN2O4S/c1-18(2)8-11-27(14-20(29)16-31-3)15-25(30)28-12-9-24-22(10-13-33-24)23(28)17-32-21-6-4-19(26)5-7-21/h4-7,10,13,18,20,23,29H,8-9,11-12,14-17H2,1-3H3/t20-,23+/m1/s1. The van der Waals surface area contributed by atoms with E-state index >= 15 is 0 Å². The van der Waals surface area contributed by atoms with Gasteiger partial charge in [-0.3, -0.25) is 9.69 Å². The summed E-state index contributed by atoms with van der Waals surface area (Å²) in [5.74, 6) is 0.789. The minimum atomic E-state index is -0.641. The van der Waals surface area contributed by atoms with Crippen molar-refractivity contribution in [1.29, 1.82) is 0 Å². The minimum absolute atomic E-state index is 0.0212. The summed E-state index contributed by atoms with van der Waals surface area (Å²) in [6.07, 6.45) is 1.13. The summed E-state index contributed by atoms with van der Waals surface area (Å²) in [5.41, 5.74) is 1.12. The Kier molecular flexibility index (Phi) is 9.67. The van der Waals surface area contributed by atoms with Gasteiger partial charge in [-0.15, -0.1) is 11.3 Å². The molecule has 2 atom stereocenters. The molecule has 1 N–H and O–H groups in total. The van der Waals surface area contributed by atoms with Crippen LogP contribution in [0.5, 0.6) is 5.75 Å². The molecule has 8 heteroatoms. The van der Waals surface area contributed by atoms with E-state index in [-0.39, 0.29) is 30.9 Å². The Balaban J connectivity index is 1.71. The number of thiophene rings is 1. The number of fused-ring (bicyclic) bond motifs is 1. The molecule has 1 aromatic heterocycles. The second-order valence-electron chi connectivity index (χ2n) is 8.94. The third kappa shape index (κ3) is 7.50. The van der Waals surface area contributed by atoms with Gasteiger partial charge in [-0.25, -0.2) is 4.39 Å². The van der Waals surface area contributed by atoms with Gasteiger partial charge >= 0.3 is 0 Å². The van der Waals surface area contributed by atoms with Crippen LogP contribution in [-0.4, -0.2) is 73.4 Å². The highest BCUT2D eigenvalue weighted by molar-refractivity contribution is 7.10. The average Bonchev–Trinajstić information content (AvgIpc) is 3.26. The van der Waals surface area contributed by atoms with Crippen molar-refractivity contribution >= 4 is 17.2 Å². The van der Waals surface area contributed by atoms with E-state index < -0.39 is 6.10 Å². The van der Waals surface area contributed by atoms with Gasteiger partial charge in [-0.2, -0.15) is 0 Å². The first-order valence-electron chi connectivity index (χ1n) is 11.5. The zero-order chi connectivity index (χ0) is 23.8. The molecule has 0 radical (unpaired) electrons. The van der Waals surface area contributed by atoms with Crippen LogP contribution in [-0.2, 0) is 16.0 Å². The van der Waals surface area contributed by atoms with Gasteiger partial charge in [0.1, 0.15) is 18.2 Å². The highest BCUT2D eigenvalue weighted by atomic mass is 32.1. The summed E-state index contributed by atoms with van der Waals surface area (Å²) in [6, 6.07) is 7.80. The van der Waals surface area contributed by atoms with Crippen molar-refractivity contribution in [1.82, 2.24) is 9.80 Å². The van der Waals surface area contributed by atoms with E-state index in [0.29, 0.717) is 31.4 Å². The van der Waals surface area contributed by atoms with E-state index in [0.717, 1.165) is 24.9 Å². The van der Waals surface area contributed by atoms with E-state index in [9.17, 15) is 14.3 Å². The summed E-state index contributed by atoms with van der Waals surface area (Å²) in [6.45, 7) is 6.83. The number of halogens is 1. The van der Waals surface area contributed by atoms with Crippen LogP contribution in [0.1, 0.15) is 36.8 Å². The van der Waals surface area contributed by atoms with E-state index in [1.54, 1.807) is 30.6 Å². The number of aliphatic hydroxyl groups excluding tert-OH is 1. The Morgan fingerprint density at radius 1 is 1.30 bits per heavy atom. The third-order valence-electron chi connectivity index (χ3n) is 5.85. The van der Waals surface area contributed by atoms with Gasteiger partial charge in [-0.05, 0) is 66.6 Å². The molecule has 0 fully saturated rings. The number of rotatable bonds is 12. The van der Waals surface area contributed by atoms with Gasteiger partial charge in [-0.1, -0.05) is 13.8 Å². The van der Waals surface area contributed by atoms with Crippen LogP contribution >= 0.6 is 11.3 Å². The Morgan fingerprint density at radius 2 is 2.06 bits per heavy atom. The molecule has 1 aliphatic heterocycles. The highest BCUT2D eigenvalue weighted by Gasteiger charge is 2.33. The van der Waals surface area contributed by atoms with Crippen molar-refractivity contribution in [3.63, 3.8) is 0 Å². The van der Waals surface area contributed by atoms with Gasteiger partial charge in [0.05, 0.1) is 25.3 Å². The molecule has 0 saturated heterocycles. The number of amides is 1. The van der Waals surface area contributed by atoms with Crippen LogP contribution < -0.4 is 4.74 Å². The molecule has 2 aromatic rings. The Bertz CT molecular complexity index is 874. The molecule has 0 spiro atoms. The van der Waals surface area contributed by atoms with Crippen LogP contribution in [0, 0.1) is 11.7 Å².